The first-order valence-corrected chi connectivity index (χ1v) is 6.84. The van der Waals surface area contributed by atoms with Gasteiger partial charge in [0.05, 0.1) is 0 Å². The number of esters is 1. The smallest absolute Gasteiger partial charge is 0.333 e. The first kappa shape index (κ1) is 12.7. The summed E-state index contributed by atoms with van der Waals surface area (Å²) in [5.41, 5.74) is 0.337. The fourth-order valence-corrected chi connectivity index (χ4v) is 3.25. The van der Waals surface area contributed by atoms with Gasteiger partial charge in [-0.2, -0.15) is 0 Å². The summed E-state index contributed by atoms with van der Waals surface area (Å²) in [5.74, 6) is 1.57. The molecule has 0 aromatic rings. The van der Waals surface area contributed by atoms with Crippen molar-refractivity contribution in [3.05, 3.63) is 12.2 Å². The Morgan fingerprint density at radius 1 is 1.24 bits per heavy atom. The molecule has 0 aliphatic heterocycles. The van der Waals surface area contributed by atoms with Gasteiger partial charge in [-0.3, -0.25) is 0 Å². The van der Waals surface area contributed by atoms with Crippen LogP contribution in [0.3, 0.4) is 0 Å². The van der Waals surface area contributed by atoms with Crippen LogP contribution in [0.2, 0.25) is 0 Å². The molecule has 2 saturated carbocycles. The summed E-state index contributed by atoms with van der Waals surface area (Å²) in [6.45, 7) is 9.96. The Morgan fingerprint density at radius 2 is 1.88 bits per heavy atom. The number of carbonyl (C=O) groups is 1. The van der Waals surface area contributed by atoms with Crippen molar-refractivity contribution in [2.75, 3.05) is 0 Å². The third-order valence-electron chi connectivity index (χ3n) is 4.49. The molecule has 17 heavy (non-hydrogen) atoms. The molecule has 2 heteroatoms. The lowest BCUT2D eigenvalue weighted by Crippen LogP contribution is -2.47. The molecule has 0 aromatic carbocycles. The normalized spacial score (nSPS) is 37.6. The van der Waals surface area contributed by atoms with Gasteiger partial charge in [-0.1, -0.05) is 26.8 Å². The Morgan fingerprint density at radius 3 is 2.41 bits per heavy atom. The molecule has 2 aliphatic rings. The van der Waals surface area contributed by atoms with Crippen molar-refractivity contribution in [3.8, 4) is 0 Å². The molecule has 2 aliphatic carbocycles. The van der Waals surface area contributed by atoms with Gasteiger partial charge in [0.2, 0.25) is 0 Å². The molecule has 0 bridgehead atoms. The average Bonchev–Trinajstić information content (AvgIpc) is 3.07. The zero-order valence-electron chi connectivity index (χ0n) is 11.3. The van der Waals surface area contributed by atoms with Crippen LogP contribution in [0.15, 0.2) is 12.2 Å². The van der Waals surface area contributed by atoms with Gasteiger partial charge in [0.25, 0.3) is 0 Å². The second kappa shape index (κ2) is 4.47. The second-order valence-corrected chi connectivity index (χ2v) is 6.19. The Balaban J connectivity index is 2.18. The van der Waals surface area contributed by atoms with Crippen LogP contribution in [0.5, 0.6) is 0 Å². The minimum absolute atomic E-state index is 0.187. The van der Waals surface area contributed by atoms with Crippen LogP contribution < -0.4 is 0 Å². The summed E-state index contributed by atoms with van der Waals surface area (Å²) in [6.07, 6.45) is 5.93. The van der Waals surface area contributed by atoms with Crippen molar-refractivity contribution in [3.63, 3.8) is 0 Å². The van der Waals surface area contributed by atoms with Crippen molar-refractivity contribution in [2.24, 2.45) is 17.8 Å². The van der Waals surface area contributed by atoms with E-state index in [-0.39, 0.29) is 11.6 Å². The minimum atomic E-state index is -0.196. The minimum Gasteiger partial charge on any atom is -0.455 e. The van der Waals surface area contributed by atoms with Crippen molar-refractivity contribution >= 4 is 5.97 Å². The SMILES string of the molecule is C=C(C)C(=O)OC1(C2CC2)CC(C)CCC1C. The molecule has 0 saturated heterocycles. The van der Waals surface area contributed by atoms with E-state index in [9.17, 15) is 4.79 Å². The van der Waals surface area contributed by atoms with Gasteiger partial charge in [-0.15, -0.1) is 0 Å². The largest absolute Gasteiger partial charge is 0.455 e. The molecular formula is C15H24O2. The van der Waals surface area contributed by atoms with Crippen molar-refractivity contribution < 1.29 is 9.53 Å². The molecule has 0 spiro atoms. The van der Waals surface area contributed by atoms with E-state index in [1.165, 1.54) is 25.7 Å². The maximum absolute atomic E-state index is 11.9. The molecule has 0 amide bonds. The van der Waals surface area contributed by atoms with Crippen LogP contribution >= 0.6 is 0 Å². The fraction of sp³-hybridized carbons (Fsp3) is 0.800. The predicted octanol–water partition coefficient (Wildman–Crippen LogP) is 3.71. The molecule has 3 unspecified atom stereocenters. The van der Waals surface area contributed by atoms with Crippen LogP contribution in [0.1, 0.15) is 52.9 Å². The van der Waals surface area contributed by atoms with Gasteiger partial charge in [0, 0.05) is 5.57 Å². The quantitative estimate of drug-likeness (QED) is 0.551. The van der Waals surface area contributed by atoms with Gasteiger partial charge in [-0.25, -0.2) is 4.79 Å². The third-order valence-corrected chi connectivity index (χ3v) is 4.49. The highest BCUT2D eigenvalue weighted by molar-refractivity contribution is 5.87. The summed E-state index contributed by atoms with van der Waals surface area (Å²) in [7, 11) is 0. The molecule has 3 atom stereocenters. The van der Waals surface area contributed by atoms with Crippen LogP contribution in [-0.4, -0.2) is 11.6 Å². The molecule has 96 valence electrons. The lowest BCUT2D eigenvalue weighted by atomic mass is 9.69. The van der Waals surface area contributed by atoms with E-state index in [4.69, 9.17) is 4.74 Å². The van der Waals surface area contributed by atoms with Crippen molar-refractivity contribution in [1.82, 2.24) is 0 Å². The summed E-state index contributed by atoms with van der Waals surface area (Å²) in [4.78, 5) is 11.9. The van der Waals surface area contributed by atoms with E-state index in [1.54, 1.807) is 6.92 Å². The first-order valence-electron chi connectivity index (χ1n) is 6.84. The number of rotatable bonds is 3. The Bertz CT molecular complexity index is 330. The second-order valence-electron chi connectivity index (χ2n) is 6.19. The molecule has 2 nitrogen and oxygen atoms in total. The zero-order valence-corrected chi connectivity index (χ0v) is 11.3. The number of ether oxygens (including phenoxy) is 1. The number of hydrogen-bond donors (Lipinski definition) is 0. The highest BCUT2D eigenvalue weighted by Crippen LogP contribution is 2.53. The molecule has 2 fully saturated rings. The van der Waals surface area contributed by atoms with Gasteiger partial charge < -0.3 is 4.74 Å². The highest BCUT2D eigenvalue weighted by atomic mass is 16.6. The fourth-order valence-electron chi connectivity index (χ4n) is 3.25. The van der Waals surface area contributed by atoms with Crippen molar-refractivity contribution in [1.29, 1.82) is 0 Å². The van der Waals surface area contributed by atoms with Gasteiger partial charge in [0.15, 0.2) is 0 Å². The van der Waals surface area contributed by atoms with Crippen LogP contribution in [0.25, 0.3) is 0 Å². The summed E-state index contributed by atoms with van der Waals surface area (Å²) >= 11 is 0. The Labute approximate surface area is 104 Å². The van der Waals surface area contributed by atoms with Crippen molar-refractivity contribution in [2.45, 2.75) is 58.5 Å². The number of hydrogen-bond acceptors (Lipinski definition) is 2. The van der Waals surface area contributed by atoms with E-state index >= 15 is 0 Å². The molecule has 0 heterocycles. The average molecular weight is 236 g/mol. The monoisotopic (exact) mass is 236 g/mol. The summed E-state index contributed by atoms with van der Waals surface area (Å²) in [6, 6.07) is 0. The Hall–Kier alpha value is -0.790. The summed E-state index contributed by atoms with van der Waals surface area (Å²) < 4.78 is 5.91. The highest BCUT2D eigenvalue weighted by Gasteiger charge is 2.53. The van der Waals surface area contributed by atoms with E-state index in [1.807, 2.05) is 0 Å². The maximum Gasteiger partial charge on any atom is 0.333 e. The third kappa shape index (κ3) is 2.41. The lowest BCUT2D eigenvalue weighted by molar-refractivity contribution is -0.172. The number of carbonyl (C=O) groups excluding carboxylic acids is 1. The molecule has 2 rings (SSSR count). The van der Waals surface area contributed by atoms with Gasteiger partial charge in [-0.05, 0) is 50.4 Å². The standard InChI is InChI=1S/C15H24O2/c1-10(2)14(16)17-15(13-7-8-13)9-11(3)5-6-12(15)4/h11-13H,1,5-9H2,2-4H3. The predicted molar refractivity (Wildman–Crippen MR) is 68.5 cm³/mol. The Kier molecular flexibility index (Phi) is 3.33. The molecule has 0 radical (unpaired) electrons. The van der Waals surface area contributed by atoms with Crippen LogP contribution in [-0.2, 0) is 9.53 Å². The lowest BCUT2D eigenvalue weighted by Gasteiger charge is -2.45. The van der Waals surface area contributed by atoms with Crippen LogP contribution in [0.4, 0.5) is 0 Å². The van der Waals surface area contributed by atoms with Gasteiger partial charge in [0.1, 0.15) is 5.60 Å². The van der Waals surface area contributed by atoms with Gasteiger partial charge >= 0.3 is 5.97 Å². The molecule has 0 aromatic heterocycles. The molecular weight excluding hydrogens is 212 g/mol. The zero-order chi connectivity index (χ0) is 12.6. The van der Waals surface area contributed by atoms with E-state index in [2.05, 4.69) is 20.4 Å². The summed E-state index contributed by atoms with van der Waals surface area (Å²) in [5, 5.41) is 0. The van der Waals surface area contributed by atoms with Crippen LogP contribution in [0, 0.1) is 17.8 Å². The van der Waals surface area contributed by atoms with E-state index < -0.39 is 0 Å². The van der Waals surface area contributed by atoms with E-state index in [0.717, 1.165) is 6.42 Å². The van der Waals surface area contributed by atoms with E-state index in [0.29, 0.717) is 23.3 Å². The maximum atomic E-state index is 11.9. The molecule has 0 N–H and O–H groups in total. The first-order chi connectivity index (χ1) is 7.95. The topological polar surface area (TPSA) is 26.3 Å².